The standard InChI is InChI=1S/C24H27ClFN3O3/c25-19-2-1-3-21(16-19)28-10-12-29(13-11-28)22(30)17-27-23(31)24(8-14-32-15-9-24)18-4-6-20(26)7-5-18/h1-7,16H,8-15,17H2,(H,27,31). The van der Waals surface area contributed by atoms with E-state index in [1.54, 1.807) is 17.0 Å². The van der Waals surface area contributed by atoms with Crippen LogP contribution < -0.4 is 10.2 Å². The second-order valence-electron chi connectivity index (χ2n) is 8.23. The predicted octanol–water partition coefficient (Wildman–Crippen LogP) is 2.99. The predicted molar refractivity (Wildman–Crippen MR) is 121 cm³/mol. The van der Waals surface area contributed by atoms with Crippen molar-refractivity contribution >= 4 is 29.1 Å². The fraction of sp³-hybridized carbons (Fsp3) is 0.417. The molecule has 6 nitrogen and oxygen atoms in total. The number of piperazine rings is 1. The van der Waals surface area contributed by atoms with Crippen molar-refractivity contribution in [1.29, 1.82) is 0 Å². The van der Waals surface area contributed by atoms with E-state index in [9.17, 15) is 14.0 Å². The molecule has 1 N–H and O–H groups in total. The van der Waals surface area contributed by atoms with Crippen LogP contribution in [0.1, 0.15) is 18.4 Å². The molecule has 0 aromatic heterocycles. The zero-order valence-electron chi connectivity index (χ0n) is 17.9. The number of amides is 2. The van der Waals surface area contributed by atoms with Gasteiger partial charge in [-0.3, -0.25) is 9.59 Å². The average Bonchev–Trinajstić information content (AvgIpc) is 2.83. The molecule has 8 heteroatoms. The topological polar surface area (TPSA) is 61.9 Å². The van der Waals surface area contributed by atoms with Crippen LogP contribution in [0.3, 0.4) is 0 Å². The Balaban J connectivity index is 1.34. The minimum absolute atomic E-state index is 0.0558. The minimum atomic E-state index is -0.808. The quantitative estimate of drug-likeness (QED) is 0.746. The molecule has 0 bridgehead atoms. The van der Waals surface area contributed by atoms with Crippen LogP contribution in [0, 0.1) is 5.82 Å². The van der Waals surface area contributed by atoms with E-state index in [4.69, 9.17) is 16.3 Å². The van der Waals surface area contributed by atoms with Gasteiger partial charge in [0.25, 0.3) is 0 Å². The lowest BCUT2D eigenvalue weighted by Crippen LogP contribution is -2.53. The van der Waals surface area contributed by atoms with Crippen LogP contribution in [0.2, 0.25) is 5.02 Å². The maximum absolute atomic E-state index is 13.4. The first-order valence-corrected chi connectivity index (χ1v) is 11.3. The molecule has 0 radical (unpaired) electrons. The van der Waals surface area contributed by atoms with Crippen molar-refractivity contribution in [3.05, 3.63) is 64.9 Å². The molecule has 0 saturated carbocycles. The number of benzene rings is 2. The second-order valence-corrected chi connectivity index (χ2v) is 8.67. The third-order valence-corrected chi connectivity index (χ3v) is 6.62. The monoisotopic (exact) mass is 459 g/mol. The zero-order chi connectivity index (χ0) is 22.6. The largest absolute Gasteiger partial charge is 0.381 e. The van der Waals surface area contributed by atoms with Crippen LogP contribution >= 0.6 is 11.6 Å². The van der Waals surface area contributed by atoms with E-state index >= 15 is 0 Å². The smallest absolute Gasteiger partial charge is 0.242 e. The van der Waals surface area contributed by atoms with E-state index in [0.717, 1.165) is 11.3 Å². The number of ether oxygens (including phenoxy) is 1. The molecule has 2 aliphatic rings. The molecule has 4 rings (SSSR count). The number of rotatable bonds is 5. The van der Waals surface area contributed by atoms with Gasteiger partial charge in [-0.15, -0.1) is 0 Å². The van der Waals surface area contributed by atoms with Crippen LogP contribution in [0.4, 0.5) is 10.1 Å². The molecule has 0 unspecified atom stereocenters. The van der Waals surface area contributed by atoms with Crippen LogP contribution in [0.15, 0.2) is 48.5 Å². The Morgan fingerprint density at radius 3 is 2.38 bits per heavy atom. The van der Waals surface area contributed by atoms with Crippen LogP contribution in [-0.4, -0.2) is 62.7 Å². The summed E-state index contributed by atoms with van der Waals surface area (Å²) in [5.41, 5.74) is 0.985. The summed E-state index contributed by atoms with van der Waals surface area (Å²) >= 11 is 6.08. The summed E-state index contributed by atoms with van der Waals surface area (Å²) in [5.74, 6) is -0.660. The van der Waals surface area contributed by atoms with Crippen LogP contribution in [0.5, 0.6) is 0 Å². The average molecular weight is 460 g/mol. The Labute approximate surface area is 192 Å². The summed E-state index contributed by atoms with van der Waals surface area (Å²) < 4.78 is 18.9. The molecule has 0 aliphatic carbocycles. The van der Waals surface area contributed by atoms with Crippen molar-refractivity contribution in [3.63, 3.8) is 0 Å². The number of hydrogen-bond acceptors (Lipinski definition) is 4. The van der Waals surface area contributed by atoms with Gasteiger partial charge in [0.2, 0.25) is 11.8 Å². The van der Waals surface area contributed by atoms with Crippen LogP contribution in [0.25, 0.3) is 0 Å². The van der Waals surface area contributed by atoms with Gasteiger partial charge >= 0.3 is 0 Å². The Hall–Kier alpha value is -2.64. The summed E-state index contributed by atoms with van der Waals surface area (Å²) in [4.78, 5) is 29.9. The van der Waals surface area contributed by atoms with Crippen molar-refractivity contribution in [2.24, 2.45) is 0 Å². The van der Waals surface area contributed by atoms with E-state index in [2.05, 4.69) is 10.2 Å². The van der Waals surface area contributed by atoms with Gasteiger partial charge in [0.05, 0.1) is 12.0 Å². The highest BCUT2D eigenvalue weighted by molar-refractivity contribution is 6.30. The van der Waals surface area contributed by atoms with Crippen molar-refractivity contribution in [2.75, 3.05) is 50.8 Å². The van der Waals surface area contributed by atoms with Crippen LogP contribution in [-0.2, 0) is 19.7 Å². The molecule has 2 aliphatic heterocycles. The van der Waals surface area contributed by atoms with E-state index in [0.29, 0.717) is 57.3 Å². The summed E-state index contributed by atoms with van der Waals surface area (Å²) in [5, 5.41) is 3.53. The Kier molecular flexibility index (Phi) is 6.96. The number of carbonyl (C=O) groups is 2. The first kappa shape index (κ1) is 22.6. The third-order valence-electron chi connectivity index (χ3n) is 6.38. The minimum Gasteiger partial charge on any atom is -0.381 e. The number of carbonyl (C=O) groups excluding carboxylic acids is 2. The lowest BCUT2D eigenvalue weighted by molar-refractivity contribution is -0.136. The molecule has 2 heterocycles. The number of hydrogen-bond donors (Lipinski definition) is 1. The maximum Gasteiger partial charge on any atom is 0.242 e. The molecule has 2 aromatic carbocycles. The highest BCUT2D eigenvalue weighted by Gasteiger charge is 2.42. The normalized spacial score (nSPS) is 18.3. The molecule has 0 atom stereocenters. The number of nitrogens with one attached hydrogen (secondary N) is 1. The molecular formula is C24H27ClFN3O3. The van der Waals surface area contributed by atoms with Gasteiger partial charge in [0.15, 0.2) is 0 Å². The first-order valence-electron chi connectivity index (χ1n) is 10.9. The molecule has 2 aromatic rings. The molecule has 32 heavy (non-hydrogen) atoms. The van der Waals surface area contributed by atoms with E-state index in [1.807, 2.05) is 24.3 Å². The van der Waals surface area contributed by atoms with Crippen molar-refractivity contribution in [1.82, 2.24) is 10.2 Å². The van der Waals surface area contributed by atoms with Gasteiger partial charge in [0, 0.05) is 50.1 Å². The van der Waals surface area contributed by atoms with E-state index in [1.165, 1.54) is 12.1 Å². The van der Waals surface area contributed by atoms with Crippen molar-refractivity contribution in [2.45, 2.75) is 18.3 Å². The summed E-state index contributed by atoms with van der Waals surface area (Å²) in [6, 6.07) is 13.7. The molecule has 2 fully saturated rings. The maximum atomic E-state index is 13.4. The molecule has 170 valence electrons. The zero-order valence-corrected chi connectivity index (χ0v) is 18.6. The lowest BCUT2D eigenvalue weighted by Gasteiger charge is -2.37. The summed E-state index contributed by atoms with van der Waals surface area (Å²) in [7, 11) is 0. The molecule has 2 amide bonds. The Morgan fingerprint density at radius 2 is 1.72 bits per heavy atom. The van der Waals surface area contributed by atoms with Gasteiger partial charge in [-0.25, -0.2) is 4.39 Å². The highest BCUT2D eigenvalue weighted by atomic mass is 35.5. The molecule has 2 saturated heterocycles. The summed E-state index contributed by atoms with van der Waals surface area (Å²) in [6.45, 7) is 3.41. The van der Waals surface area contributed by atoms with Crippen molar-refractivity contribution < 1.29 is 18.7 Å². The first-order chi connectivity index (χ1) is 15.5. The Bertz CT molecular complexity index is 955. The molecule has 0 spiro atoms. The van der Waals surface area contributed by atoms with E-state index in [-0.39, 0.29) is 24.2 Å². The molecular weight excluding hydrogens is 433 g/mol. The van der Waals surface area contributed by atoms with Gasteiger partial charge in [-0.05, 0) is 48.7 Å². The highest BCUT2D eigenvalue weighted by Crippen LogP contribution is 2.35. The fourth-order valence-electron chi connectivity index (χ4n) is 4.46. The second kappa shape index (κ2) is 9.88. The SMILES string of the molecule is O=C(CNC(=O)C1(c2ccc(F)cc2)CCOCC1)N1CCN(c2cccc(Cl)c2)CC1. The number of halogens is 2. The van der Waals surface area contributed by atoms with E-state index < -0.39 is 5.41 Å². The number of nitrogens with zero attached hydrogens (tertiary/aromatic N) is 2. The number of anilines is 1. The van der Waals surface area contributed by atoms with Gasteiger partial charge < -0.3 is 19.9 Å². The van der Waals surface area contributed by atoms with Crippen molar-refractivity contribution in [3.8, 4) is 0 Å². The Morgan fingerprint density at radius 1 is 1.03 bits per heavy atom. The van der Waals surface area contributed by atoms with Gasteiger partial charge in [0.1, 0.15) is 5.82 Å². The summed E-state index contributed by atoms with van der Waals surface area (Å²) in [6.07, 6.45) is 0.994. The van der Waals surface area contributed by atoms with Gasteiger partial charge in [-0.2, -0.15) is 0 Å². The fourth-order valence-corrected chi connectivity index (χ4v) is 4.64. The lowest BCUT2D eigenvalue weighted by atomic mass is 9.73. The third kappa shape index (κ3) is 4.89. The van der Waals surface area contributed by atoms with Gasteiger partial charge in [-0.1, -0.05) is 29.8 Å².